The van der Waals surface area contributed by atoms with E-state index in [1.165, 1.54) is 0 Å². The van der Waals surface area contributed by atoms with E-state index in [0.29, 0.717) is 0 Å². The first-order valence-corrected chi connectivity index (χ1v) is 5.68. The maximum atomic E-state index is 4.49. The fraction of sp³-hybridized carbons (Fsp3) is 0.273. The van der Waals surface area contributed by atoms with E-state index in [4.69, 9.17) is 0 Å². The Kier molecular flexibility index (Phi) is 3.08. The van der Waals surface area contributed by atoms with Crippen LogP contribution in [-0.4, -0.2) is 17.0 Å². The van der Waals surface area contributed by atoms with Crippen molar-refractivity contribution in [3.05, 3.63) is 46.2 Å². The van der Waals surface area contributed by atoms with E-state index >= 15 is 0 Å². The molecule has 0 aliphatic rings. The quantitative estimate of drug-likeness (QED) is 0.859. The molecule has 3 nitrogen and oxygen atoms in total. The topological polar surface area (TPSA) is 37.8 Å². The number of aryl methyl sites for hydroxylation is 1. The van der Waals surface area contributed by atoms with Crippen LogP contribution in [0.3, 0.4) is 0 Å². The maximum absolute atomic E-state index is 4.49. The van der Waals surface area contributed by atoms with Crippen LogP contribution in [0.2, 0.25) is 0 Å². The van der Waals surface area contributed by atoms with Crippen LogP contribution in [0.15, 0.2) is 29.9 Å². The van der Waals surface area contributed by atoms with Crippen LogP contribution in [0.4, 0.5) is 0 Å². The highest BCUT2D eigenvalue weighted by Crippen LogP contribution is 2.22. The average Bonchev–Trinajstić information content (AvgIpc) is 2.68. The van der Waals surface area contributed by atoms with Crippen LogP contribution in [-0.2, 0) is 0 Å². The predicted octanol–water partition coefficient (Wildman–Crippen LogP) is 2.16. The number of nitrogens with one attached hydrogen (secondary N) is 1. The molecule has 0 amide bonds. The van der Waals surface area contributed by atoms with Crippen LogP contribution in [0, 0.1) is 6.92 Å². The SMILES string of the molecule is CNC(c1cccnc1)c1csc(C)n1. The van der Waals surface area contributed by atoms with Crippen LogP contribution in [0.1, 0.15) is 22.3 Å². The van der Waals surface area contributed by atoms with Gasteiger partial charge in [0.25, 0.3) is 0 Å². The van der Waals surface area contributed by atoms with Crippen molar-refractivity contribution in [2.75, 3.05) is 7.05 Å². The lowest BCUT2D eigenvalue weighted by Gasteiger charge is -2.13. The Bertz CT molecular complexity index is 424. The highest BCUT2D eigenvalue weighted by molar-refractivity contribution is 7.09. The highest BCUT2D eigenvalue weighted by Gasteiger charge is 2.14. The molecule has 0 saturated heterocycles. The molecule has 78 valence electrons. The molecule has 0 spiro atoms. The summed E-state index contributed by atoms with van der Waals surface area (Å²) in [4.78, 5) is 8.61. The molecule has 1 unspecified atom stereocenters. The monoisotopic (exact) mass is 219 g/mol. The molecule has 4 heteroatoms. The van der Waals surface area contributed by atoms with Gasteiger partial charge in [0.05, 0.1) is 16.7 Å². The van der Waals surface area contributed by atoms with E-state index < -0.39 is 0 Å². The van der Waals surface area contributed by atoms with Crippen LogP contribution < -0.4 is 5.32 Å². The summed E-state index contributed by atoms with van der Waals surface area (Å²) >= 11 is 1.67. The van der Waals surface area contributed by atoms with E-state index in [-0.39, 0.29) is 6.04 Å². The number of thiazole rings is 1. The molecule has 0 bridgehead atoms. The molecule has 1 N–H and O–H groups in total. The van der Waals surface area contributed by atoms with Gasteiger partial charge in [-0.05, 0) is 25.6 Å². The maximum Gasteiger partial charge on any atom is 0.0898 e. The Balaban J connectivity index is 2.33. The third-order valence-corrected chi connectivity index (χ3v) is 3.03. The van der Waals surface area contributed by atoms with E-state index in [1.807, 2.05) is 26.2 Å². The minimum Gasteiger partial charge on any atom is -0.308 e. The van der Waals surface area contributed by atoms with Gasteiger partial charge in [0.15, 0.2) is 0 Å². The second-order valence-corrected chi connectivity index (χ2v) is 4.36. The van der Waals surface area contributed by atoms with Crippen LogP contribution in [0.5, 0.6) is 0 Å². The lowest BCUT2D eigenvalue weighted by molar-refractivity contribution is 0.671. The van der Waals surface area contributed by atoms with Crippen molar-refractivity contribution in [2.45, 2.75) is 13.0 Å². The molecular weight excluding hydrogens is 206 g/mol. The van der Waals surface area contributed by atoms with Crippen molar-refractivity contribution in [3.63, 3.8) is 0 Å². The van der Waals surface area contributed by atoms with E-state index in [1.54, 1.807) is 17.5 Å². The fourth-order valence-electron chi connectivity index (χ4n) is 1.54. The molecule has 0 aromatic carbocycles. The van der Waals surface area contributed by atoms with Gasteiger partial charge in [0.2, 0.25) is 0 Å². The Morgan fingerprint density at radius 2 is 2.33 bits per heavy atom. The van der Waals surface area contributed by atoms with Crippen molar-refractivity contribution in [3.8, 4) is 0 Å². The lowest BCUT2D eigenvalue weighted by atomic mass is 10.1. The largest absolute Gasteiger partial charge is 0.308 e. The average molecular weight is 219 g/mol. The number of rotatable bonds is 3. The lowest BCUT2D eigenvalue weighted by Crippen LogP contribution is -2.18. The first-order chi connectivity index (χ1) is 7.31. The van der Waals surface area contributed by atoms with Gasteiger partial charge in [-0.2, -0.15) is 0 Å². The Morgan fingerprint density at radius 1 is 1.47 bits per heavy atom. The number of pyridine rings is 1. The molecule has 0 fully saturated rings. The van der Waals surface area contributed by atoms with Gasteiger partial charge in [-0.25, -0.2) is 4.98 Å². The summed E-state index contributed by atoms with van der Waals surface area (Å²) in [5.74, 6) is 0. The molecule has 0 aliphatic carbocycles. The van der Waals surface area contributed by atoms with E-state index in [0.717, 1.165) is 16.3 Å². The van der Waals surface area contributed by atoms with Crippen LogP contribution >= 0.6 is 11.3 Å². The second-order valence-electron chi connectivity index (χ2n) is 3.30. The summed E-state index contributed by atoms with van der Waals surface area (Å²) in [6.45, 7) is 2.02. The van der Waals surface area contributed by atoms with Gasteiger partial charge >= 0.3 is 0 Å². The van der Waals surface area contributed by atoms with Gasteiger partial charge in [0, 0.05) is 17.8 Å². The van der Waals surface area contributed by atoms with Gasteiger partial charge in [-0.15, -0.1) is 11.3 Å². The smallest absolute Gasteiger partial charge is 0.0898 e. The summed E-state index contributed by atoms with van der Waals surface area (Å²) in [6.07, 6.45) is 3.65. The standard InChI is InChI=1S/C11H13N3S/c1-8-14-10(7-15-8)11(12-2)9-4-3-5-13-6-9/h3-7,11-12H,1-2H3. The minimum atomic E-state index is 0.142. The predicted molar refractivity (Wildman–Crippen MR) is 62.0 cm³/mol. The third kappa shape index (κ3) is 2.22. The number of hydrogen-bond acceptors (Lipinski definition) is 4. The zero-order chi connectivity index (χ0) is 10.7. The zero-order valence-electron chi connectivity index (χ0n) is 8.77. The molecule has 0 aliphatic heterocycles. The summed E-state index contributed by atoms with van der Waals surface area (Å²) < 4.78 is 0. The number of aromatic nitrogens is 2. The summed E-state index contributed by atoms with van der Waals surface area (Å²) in [7, 11) is 1.94. The minimum absolute atomic E-state index is 0.142. The number of hydrogen-bond donors (Lipinski definition) is 1. The van der Waals surface area contributed by atoms with Crippen molar-refractivity contribution in [2.24, 2.45) is 0 Å². The van der Waals surface area contributed by atoms with Gasteiger partial charge in [-0.3, -0.25) is 4.98 Å². The van der Waals surface area contributed by atoms with Crippen molar-refractivity contribution >= 4 is 11.3 Å². The van der Waals surface area contributed by atoms with E-state index in [9.17, 15) is 0 Å². The Labute approximate surface area is 93.2 Å². The highest BCUT2D eigenvalue weighted by atomic mass is 32.1. The molecule has 2 rings (SSSR count). The molecule has 0 saturated carbocycles. The van der Waals surface area contributed by atoms with Crippen molar-refractivity contribution in [1.29, 1.82) is 0 Å². The van der Waals surface area contributed by atoms with Crippen LogP contribution in [0.25, 0.3) is 0 Å². The molecule has 0 radical (unpaired) electrons. The summed E-state index contributed by atoms with van der Waals surface area (Å²) in [5.41, 5.74) is 2.21. The fourth-order valence-corrected chi connectivity index (χ4v) is 2.18. The van der Waals surface area contributed by atoms with Crippen molar-refractivity contribution in [1.82, 2.24) is 15.3 Å². The molecule has 2 aromatic heterocycles. The molecular formula is C11H13N3S. The van der Waals surface area contributed by atoms with Gasteiger partial charge in [0.1, 0.15) is 0 Å². The molecule has 1 atom stereocenters. The zero-order valence-corrected chi connectivity index (χ0v) is 9.58. The molecule has 15 heavy (non-hydrogen) atoms. The summed E-state index contributed by atoms with van der Waals surface area (Å²) in [6, 6.07) is 4.14. The van der Waals surface area contributed by atoms with Gasteiger partial charge < -0.3 is 5.32 Å². The first kappa shape index (κ1) is 10.3. The normalized spacial score (nSPS) is 12.7. The summed E-state index contributed by atoms with van der Waals surface area (Å²) in [5, 5.41) is 6.43. The Hall–Kier alpha value is -1.26. The van der Waals surface area contributed by atoms with E-state index in [2.05, 4.69) is 26.7 Å². The number of nitrogens with zero attached hydrogens (tertiary/aromatic N) is 2. The van der Waals surface area contributed by atoms with Crippen molar-refractivity contribution < 1.29 is 0 Å². The third-order valence-electron chi connectivity index (χ3n) is 2.24. The second kappa shape index (κ2) is 4.51. The Morgan fingerprint density at radius 3 is 2.87 bits per heavy atom. The molecule has 2 aromatic rings. The first-order valence-electron chi connectivity index (χ1n) is 4.80. The molecule has 2 heterocycles. The van der Waals surface area contributed by atoms with Gasteiger partial charge in [-0.1, -0.05) is 6.07 Å².